The van der Waals surface area contributed by atoms with Crippen molar-refractivity contribution >= 4 is 23.2 Å². The molecule has 8 nitrogen and oxygen atoms in total. The molecule has 0 saturated heterocycles. The summed E-state index contributed by atoms with van der Waals surface area (Å²) in [7, 11) is 3.17. The van der Waals surface area contributed by atoms with Crippen LogP contribution in [0.15, 0.2) is 79.0 Å². The minimum Gasteiger partial charge on any atom is -0.493 e. The largest absolute Gasteiger partial charge is 0.493 e. The average molecular weight is 451 g/mol. The quantitative estimate of drug-likeness (QED) is 0.406. The normalized spacial score (nSPS) is 10.1. The smallest absolute Gasteiger partial charge is 0.255 e. The molecule has 0 aliphatic heterocycles. The SMILES string of the molecule is COc1ccc(-c2ccnc(Nc3cccc(NC(=O)c4ccc(C#N)cc4)c3)n2)cc1OC. The number of carbonyl (C=O) groups excluding carboxylic acids is 1. The molecule has 168 valence electrons. The van der Waals surface area contributed by atoms with Crippen LogP contribution in [0, 0.1) is 11.3 Å². The van der Waals surface area contributed by atoms with Crippen molar-refractivity contribution in [2.75, 3.05) is 24.9 Å². The number of rotatable bonds is 7. The molecule has 0 fully saturated rings. The van der Waals surface area contributed by atoms with Crippen LogP contribution < -0.4 is 20.1 Å². The molecule has 2 N–H and O–H groups in total. The topological polar surface area (TPSA) is 109 Å². The second-order valence-corrected chi connectivity index (χ2v) is 7.18. The summed E-state index contributed by atoms with van der Waals surface area (Å²) in [6.07, 6.45) is 1.66. The third kappa shape index (κ3) is 5.11. The zero-order valence-corrected chi connectivity index (χ0v) is 18.6. The van der Waals surface area contributed by atoms with Crippen LogP contribution in [0.25, 0.3) is 11.3 Å². The standard InChI is InChI=1S/C26H21N5O3/c1-33-23-11-10-19(14-24(23)34-2)22-12-13-28-26(31-22)30-21-5-3-4-20(15-21)29-25(32)18-8-6-17(16-27)7-9-18/h3-15H,1-2H3,(H,29,32)(H,28,30,31). The van der Waals surface area contributed by atoms with Gasteiger partial charge < -0.3 is 20.1 Å². The molecule has 0 radical (unpaired) electrons. The van der Waals surface area contributed by atoms with E-state index in [2.05, 4.69) is 20.6 Å². The maximum absolute atomic E-state index is 12.5. The third-order valence-electron chi connectivity index (χ3n) is 4.99. The zero-order chi connectivity index (χ0) is 23.9. The van der Waals surface area contributed by atoms with Gasteiger partial charge >= 0.3 is 0 Å². The minimum absolute atomic E-state index is 0.270. The Balaban J connectivity index is 1.50. The van der Waals surface area contributed by atoms with Gasteiger partial charge in [0.1, 0.15) is 0 Å². The maximum Gasteiger partial charge on any atom is 0.255 e. The van der Waals surface area contributed by atoms with Crippen molar-refractivity contribution in [3.8, 4) is 28.8 Å². The van der Waals surface area contributed by atoms with Crippen molar-refractivity contribution in [3.05, 3.63) is 90.1 Å². The van der Waals surface area contributed by atoms with Crippen LogP contribution >= 0.6 is 0 Å². The van der Waals surface area contributed by atoms with Gasteiger partial charge in [-0.3, -0.25) is 4.79 Å². The monoisotopic (exact) mass is 451 g/mol. The van der Waals surface area contributed by atoms with Gasteiger partial charge in [-0.25, -0.2) is 9.97 Å². The Morgan fingerprint density at radius 2 is 1.68 bits per heavy atom. The van der Waals surface area contributed by atoms with Gasteiger partial charge in [-0.1, -0.05) is 6.07 Å². The summed E-state index contributed by atoms with van der Waals surface area (Å²) in [6.45, 7) is 0. The Kier molecular flexibility index (Phi) is 6.65. The molecule has 34 heavy (non-hydrogen) atoms. The zero-order valence-electron chi connectivity index (χ0n) is 18.6. The van der Waals surface area contributed by atoms with Crippen molar-refractivity contribution < 1.29 is 14.3 Å². The van der Waals surface area contributed by atoms with E-state index in [4.69, 9.17) is 14.7 Å². The first-order chi connectivity index (χ1) is 16.6. The van der Waals surface area contributed by atoms with Crippen LogP contribution in [0.5, 0.6) is 11.5 Å². The van der Waals surface area contributed by atoms with Crippen molar-refractivity contribution in [2.24, 2.45) is 0 Å². The summed E-state index contributed by atoms with van der Waals surface area (Å²) in [5, 5.41) is 14.9. The van der Waals surface area contributed by atoms with Crippen molar-refractivity contribution in [2.45, 2.75) is 0 Å². The molecule has 0 atom stereocenters. The second kappa shape index (κ2) is 10.1. The van der Waals surface area contributed by atoms with E-state index in [1.165, 1.54) is 0 Å². The molecular formula is C26H21N5O3. The lowest BCUT2D eigenvalue weighted by molar-refractivity contribution is 0.102. The van der Waals surface area contributed by atoms with E-state index in [1.807, 2.05) is 36.4 Å². The Bertz CT molecular complexity index is 1360. The average Bonchev–Trinajstić information content (AvgIpc) is 2.88. The van der Waals surface area contributed by atoms with Crippen LogP contribution in [0.3, 0.4) is 0 Å². The molecule has 0 aliphatic carbocycles. The number of nitrogens with one attached hydrogen (secondary N) is 2. The lowest BCUT2D eigenvalue weighted by atomic mass is 10.1. The molecule has 4 aromatic rings. The number of carbonyl (C=O) groups is 1. The highest BCUT2D eigenvalue weighted by molar-refractivity contribution is 6.04. The maximum atomic E-state index is 12.5. The Morgan fingerprint density at radius 1 is 0.912 bits per heavy atom. The van der Waals surface area contributed by atoms with Gasteiger partial charge in [0, 0.05) is 28.7 Å². The fourth-order valence-electron chi connectivity index (χ4n) is 3.28. The van der Waals surface area contributed by atoms with Gasteiger partial charge in [-0.05, 0) is 66.7 Å². The summed E-state index contributed by atoms with van der Waals surface area (Å²) in [6, 6.07) is 23.1. The minimum atomic E-state index is -0.270. The van der Waals surface area contributed by atoms with Crippen LogP contribution in [0.2, 0.25) is 0 Å². The predicted octanol–water partition coefficient (Wildman–Crippen LogP) is 5.03. The second-order valence-electron chi connectivity index (χ2n) is 7.18. The molecule has 4 rings (SSSR count). The van der Waals surface area contributed by atoms with Gasteiger partial charge in [0.2, 0.25) is 5.95 Å². The summed E-state index contributed by atoms with van der Waals surface area (Å²) < 4.78 is 10.7. The van der Waals surface area contributed by atoms with Crippen molar-refractivity contribution in [1.82, 2.24) is 9.97 Å². The number of methoxy groups -OCH3 is 2. The van der Waals surface area contributed by atoms with E-state index in [0.717, 1.165) is 5.56 Å². The molecule has 1 aromatic heterocycles. The van der Waals surface area contributed by atoms with E-state index in [0.29, 0.717) is 45.6 Å². The highest BCUT2D eigenvalue weighted by Gasteiger charge is 2.10. The summed E-state index contributed by atoms with van der Waals surface area (Å²) in [5.41, 5.74) is 3.84. The van der Waals surface area contributed by atoms with Crippen molar-refractivity contribution in [1.29, 1.82) is 5.26 Å². The number of amides is 1. The van der Waals surface area contributed by atoms with Crippen LogP contribution in [0.4, 0.5) is 17.3 Å². The first kappa shape index (κ1) is 22.3. The van der Waals surface area contributed by atoms with Gasteiger partial charge in [0.25, 0.3) is 5.91 Å². The molecule has 0 saturated carbocycles. The van der Waals surface area contributed by atoms with Gasteiger partial charge in [-0.15, -0.1) is 0 Å². The molecular weight excluding hydrogens is 430 g/mol. The molecule has 0 bridgehead atoms. The van der Waals surface area contributed by atoms with E-state index < -0.39 is 0 Å². The van der Waals surface area contributed by atoms with Crippen LogP contribution in [-0.2, 0) is 0 Å². The molecule has 3 aromatic carbocycles. The molecule has 0 aliphatic rings. The van der Waals surface area contributed by atoms with Crippen LogP contribution in [-0.4, -0.2) is 30.1 Å². The Labute approximate surface area is 196 Å². The lowest BCUT2D eigenvalue weighted by Crippen LogP contribution is -2.11. The van der Waals surface area contributed by atoms with E-state index in [1.54, 1.807) is 62.9 Å². The number of hydrogen-bond acceptors (Lipinski definition) is 7. The molecule has 0 unspecified atom stereocenters. The molecule has 1 amide bonds. The van der Waals surface area contributed by atoms with Gasteiger partial charge in [-0.2, -0.15) is 5.26 Å². The van der Waals surface area contributed by atoms with Gasteiger partial charge in [0.05, 0.1) is 31.5 Å². The lowest BCUT2D eigenvalue weighted by Gasteiger charge is -2.11. The number of benzene rings is 3. The van der Waals surface area contributed by atoms with Gasteiger partial charge in [0.15, 0.2) is 11.5 Å². The van der Waals surface area contributed by atoms with E-state index in [-0.39, 0.29) is 5.91 Å². The van der Waals surface area contributed by atoms with E-state index >= 15 is 0 Å². The first-order valence-corrected chi connectivity index (χ1v) is 10.3. The Morgan fingerprint density at radius 3 is 2.41 bits per heavy atom. The number of aromatic nitrogens is 2. The number of nitrogens with zero attached hydrogens (tertiary/aromatic N) is 3. The summed E-state index contributed by atoms with van der Waals surface area (Å²) in [4.78, 5) is 21.4. The molecule has 8 heteroatoms. The number of hydrogen-bond donors (Lipinski definition) is 2. The highest BCUT2D eigenvalue weighted by Crippen LogP contribution is 2.32. The fraction of sp³-hybridized carbons (Fsp3) is 0.0769. The number of anilines is 3. The predicted molar refractivity (Wildman–Crippen MR) is 129 cm³/mol. The summed E-state index contributed by atoms with van der Waals surface area (Å²) in [5.74, 6) is 1.38. The van der Waals surface area contributed by atoms with E-state index in [9.17, 15) is 4.79 Å². The highest BCUT2D eigenvalue weighted by atomic mass is 16.5. The molecule has 0 spiro atoms. The number of ether oxygens (including phenoxy) is 2. The fourth-order valence-corrected chi connectivity index (χ4v) is 3.28. The number of nitriles is 1. The Hall–Kier alpha value is -4.90. The third-order valence-corrected chi connectivity index (χ3v) is 4.99. The van der Waals surface area contributed by atoms with Crippen LogP contribution in [0.1, 0.15) is 15.9 Å². The first-order valence-electron chi connectivity index (χ1n) is 10.3. The molecule has 1 heterocycles. The summed E-state index contributed by atoms with van der Waals surface area (Å²) >= 11 is 0. The van der Waals surface area contributed by atoms with Crippen molar-refractivity contribution in [3.63, 3.8) is 0 Å².